The van der Waals surface area contributed by atoms with Crippen molar-refractivity contribution in [1.82, 2.24) is 9.62 Å². The molecule has 0 aliphatic carbocycles. The molecule has 1 heterocycles. The second-order valence-corrected chi connectivity index (χ2v) is 6.93. The Morgan fingerprint density at radius 2 is 1.95 bits per heavy atom. The van der Waals surface area contributed by atoms with E-state index in [9.17, 15) is 13.2 Å². The topological polar surface area (TPSA) is 75.7 Å². The van der Waals surface area contributed by atoms with Crippen molar-refractivity contribution in [3.05, 3.63) is 0 Å². The molecular weight excluding hydrogens is 292 g/mol. The molecule has 0 aromatic rings. The van der Waals surface area contributed by atoms with Gasteiger partial charge in [0, 0.05) is 19.0 Å². The van der Waals surface area contributed by atoms with Gasteiger partial charge in [0.1, 0.15) is 0 Å². The number of carbonyl (C=O) groups excluding carboxylic acids is 1. The maximum absolute atomic E-state index is 12.0. The molecule has 1 fully saturated rings. The van der Waals surface area contributed by atoms with E-state index in [1.165, 1.54) is 0 Å². The van der Waals surface area contributed by atoms with Crippen LogP contribution in [0.25, 0.3) is 0 Å². The Morgan fingerprint density at radius 1 is 1.37 bits per heavy atom. The molecule has 2 atom stereocenters. The summed E-state index contributed by atoms with van der Waals surface area (Å²) in [5.74, 6) is -0.167. The number of nitrogens with zero attached hydrogens (tertiary/aromatic N) is 1. The number of alkyl halides is 1. The molecule has 1 amide bonds. The summed E-state index contributed by atoms with van der Waals surface area (Å²) in [4.78, 5) is 13.7. The average molecular weight is 313 g/mol. The highest BCUT2D eigenvalue weighted by molar-refractivity contribution is 7.89. The summed E-state index contributed by atoms with van der Waals surface area (Å²) in [5, 5.41) is 0. The zero-order valence-electron chi connectivity index (χ0n) is 11.3. The maximum atomic E-state index is 12.0. The van der Waals surface area contributed by atoms with E-state index in [0.717, 1.165) is 0 Å². The van der Waals surface area contributed by atoms with Crippen LogP contribution in [-0.4, -0.2) is 63.2 Å². The van der Waals surface area contributed by atoms with E-state index in [0.29, 0.717) is 26.3 Å². The fourth-order valence-electron chi connectivity index (χ4n) is 1.84. The number of sulfonamides is 1. The number of rotatable bonds is 6. The number of morpholine rings is 1. The van der Waals surface area contributed by atoms with Gasteiger partial charge in [-0.25, -0.2) is 13.1 Å². The SMILES string of the molecule is CC(CCl)CS(=O)(=O)NC(C)C(=O)N1CCOCC1. The summed E-state index contributed by atoms with van der Waals surface area (Å²) in [7, 11) is -3.49. The molecule has 8 heteroatoms. The van der Waals surface area contributed by atoms with Crippen molar-refractivity contribution in [1.29, 1.82) is 0 Å². The minimum absolute atomic E-state index is 0.0722. The van der Waals surface area contributed by atoms with Crippen molar-refractivity contribution in [2.75, 3.05) is 37.9 Å². The first kappa shape index (κ1) is 16.7. The summed E-state index contributed by atoms with van der Waals surface area (Å²) in [5.41, 5.74) is 0. The fraction of sp³-hybridized carbons (Fsp3) is 0.909. The molecule has 1 aliphatic heterocycles. The molecule has 0 spiro atoms. The molecule has 0 aromatic heterocycles. The van der Waals surface area contributed by atoms with E-state index in [4.69, 9.17) is 16.3 Å². The lowest BCUT2D eigenvalue weighted by molar-refractivity contribution is -0.136. The van der Waals surface area contributed by atoms with Crippen molar-refractivity contribution < 1.29 is 17.9 Å². The largest absolute Gasteiger partial charge is 0.378 e. The molecule has 1 saturated heterocycles. The van der Waals surface area contributed by atoms with Gasteiger partial charge in [0.25, 0.3) is 0 Å². The van der Waals surface area contributed by atoms with Crippen LogP contribution >= 0.6 is 11.6 Å². The minimum atomic E-state index is -3.49. The molecule has 0 radical (unpaired) electrons. The Hall–Kier alpha value is -0.370. The van der Waals surface area contributed by atoms with Crippen LogP contribution in [-0.2, 0) is 19.6 Å². The van der Waals surface area contributed by atoms with E-state index in [2.05, 4.69) is 4.72 Å². The van der Waals surface area contributed by atoms with Gasteiger partial charge in [-0.15, -0.1) is 11.6 Å². The highest BCUT2D eigenvalue weighted by Crippen LogP contribution is 2.05. The normalized spacial score (nSPS) is 20.1. The Kier molecular flexibility index (Phi) is 6.52. The third-order valence-electron chi connectivity index (χ3n) is 2.82. The Bertz CT molecular complexity index is 395. The van der Waals surface area contributed by atoms with Gasteiger partial charge in [-0.05, 0) is 12.8 Å². The predicted octanol–water partition coefficient (Wildman–Crippen LogP) is 0.0280. The van der Waals surface area contributed by atoms with Gasteiger partial charge in [0.05, 0.1) is 25.0 Å². The smallest absolute Gasteiger partial charge is 0.240 e. The van der Waals surface area contributed by atoms with Crippen LogP contribution in [0.4, 0.5) is 0 Å². The van der Waals surface area contributed by atoms with Crippen LogP contribution in [0.15, 0.2) is 0 Å². The highest BCUT2D eigenvalue weighted by atomic mass is 35.5. The molecule has 112 valence electrons. The van der Waals surface area contributed by atoms with Gasteiger partial charge in [0.15, 0.2) is 0 Å². The lowest BCUT2D eigenvalue weighted by atomic mass is 10.3. The molecule has 0 aromatic carbocycles. The van der Waals surface area contributed by atoms with Crippen molar-refractivity contribution in [2.24, 2.45) is 5.92 Å². The van der Waals surface area contributed by atoms with E-state index in [1.54, 1.807) is 18.7 Å². The Morgan fingerprint density at radius 3 is 2.47 bits per heavy atom. The molecule has 2 unspecified atom stereocenters. The van der Waals surface area contributed by atoms with Crippen LogP contribution in [0.3, 0.4) is 0 Å². The van der Waals surface area contributed by atoms with Gasteiger partial charge in [0.2, 0.25) is 15.9 Å². The zero-order valence-corrected chi connectivity index (χ0v) is 12.8. The third kappa shape index (κ3) is 5.64. The van der Waals surface area contributed by atoms with Crippen molar-refractivity contribution in [3.8, 4) is 0 Å². The fourth-order valence-corrected chi connectivity index (χ4v) is 3.69. The van der Waals surface area contributed by atoms with Crippen molar-refractivity contribution in [3.63, 3.8) is 0 Å². The number of amides is 1. The molecule has 1 N–H and O–H groups in total. The molecule has 0 saturated carbocycles. The van der Waals surface area contributed by atoms with Gasteiger partial charge in [-0.3, -0.25) is 4.79 Å². The molecule has 0 bridgehead atoms. The van der Waals surface area contributed by atoms with Crippen LogP contribution in [0.2, 0.25) is 0 Å². The molecule has 1 rings (SSSR count). The average Bonchev–Trinajstić information content (AvgIpc) is 2.37. The summed E-state index contributed by atoms with van der Waals surface area (Å²) in [6.45, 7) is 5.30. The summed E-state index contributed by atoms with van der Waals surface area (Å²) in [6, 6.07) is -0.759. The van der Waals surface area contributed by atoms with Crippen LogP contribution < -0.4 is 4.72 Å². The quantitative estimate of drug-likeness (QED) is 0.702. The predicted molar refractivity (Wildman–Crippen MR) is 73.7 cm³/mol. The van der Waals surface area contributed by atoms with Crippen LogP contribution in [0.5, 0.6) is 0 Å². The van der Waals surface area contributed by atoms with Crippen molar-refractivity contribution >= 4 is 27.5 Å². The molecule has 6 nitrogen and oxygen atoms in total. The maximum Gasteiger partial charge on any atom is 0.240 e. The lowest BCUT2D eigenvalue weighted by Crippen LogP contribution is -2.51. The van der Waals surface area contributed by atoms with Crippen LogP contribution in [0.1, 0.15) is 13.8 Å². The number of hydrogen-bond donors (Lipinski definition) is 1. The Labute approximate surface area is 119 Å². The van der Waals surface area contributed by atoms with Crippen molar-refractivity contribution in [2.45, 2.75) is 19.9 Å². The number of halogens is 1. The number of hydrogen-bond acceptors (Lipinski definition) is 4. The number of nitrogens with one attached hydrogen (secondary N) is 1. The van der Waals surface area contributed by atoms with E-state index < -0.39 is 16.1 Å². The first-order valence-corrected chi connectivity index (χ1v) is 8.47. The molecule has 1 aliphatic rings. The first-order chi connectivity index (χ1) is 8.85. The minimum Gasteiger partial charge on any atom is -0.378 e. The van der Waals surface area contributed by atoms with Gasteiger partial charge < -0.3 is 9.64 Å². The summed E-state index contributed by atoms with van der Waals surface area (Å²) in [6.07, 6.45) is 0. The summed E-state index contributed by atoms with van der Waals surface area (Å²) >= 11 is 5.60. The Balaban J connectivity index is 2.53. The standard InChI is InChI=1S/C11H21ClN2O4S/c1-9(7-12)8-19(16,17)13-10(2)11(15)14-3-5-18-6-4-14/h9-10,13H,3-8H2,1-2H3. The van der Waals surface area contributed by atoms with E-state index >= 15 is 0 Å². The van der Waals surface area contributed by atoms with Crippen LogP contribution in [0, 0.1) is 5.92 Å². The second-order valence-electron chi connectivity index (χ2n) is 4.82. The summed E-state index contributed by atoms with van der Waals surface area (Å²) < 4.78 is 31.2. The molecule has 19 heavy (non-hydrogen) atoms. The number of carbonyl (C=O) groups is 1. The van der Waals surface area contributed by atoms with Gasteiger partial charge in [-0.1, -0.05) is 6.92 Å². The first-order valence-electron chi connectivity index (χ1n) is 6.28. The van der Waals surface area contributed by atoms with E-state index in [-0.39, 0.29) is 23.5 Å². The van der Waals surface area contributed by atoms with Gasteiger partial charge in [-0.2, -0.15) is 0 Å². The highest BCUT2D eigenvalue weighted by Gasteiger charge is 2.26. The lowest BCUT2D eigenvalue weighted by Gasteiger charge is -2.29. The third-order valence-corrected chi connectivity index (χ3v) is 5.06. The second kappa shape index (κ2) is 7.42. The molecular formula is C11H21ClN2O4S. The van der Waals surface area contributed by atoms with Gasteiger partial charge >= 0.3 is 0 Å². The number of ether oxygens (including phenoxy) is 1. The van der Waals surface area contributed by atoms with E-state index in [1.807, 2.05) is 0 Å². The monoisotopic (exact) mass is 312 g/mol. The zero-order chi connectivity index (χ0) is 14.5.